The van der Waals surface area contributed by atoms with E-state index < -0.39 is 17.6 Å². The van der Waals surface area contributed by atoms with Crippen LogP contribution in [0, 0.1) is 11.6 Å². The molecule has 204 valence electrons. The lowest BCUT2D eigenvalue weighted by Gasteiger charge is -2.27. The Balaban J connectivity index is 1.28. The standard InChI is InChI=1S/C28H21ClF2N4O4S/c29-28-32-17(14-40-28)13-39-26-3-1-2-22(34-26)19-11-20(30)16(8-21(19)31)10-25-33-23-5-4-15(27(36)37)9-24(23)35(25)12-18-6-7-38-18/h1-5,8-9,11,14,18H,6-7,10,12-13H2,(H,36,37). The van der Waals surface area contributed by atoms with Crippen molar-refractivity contribution < 1.29 is 28.2 Å². The van der Waals surface area contributed by atoms with Gasteiger partial charge in [0.1, 0.15) is 24.1 Å². The summed E-state index contributed by atoms with van der Waals surface area (Å²) in [6.07, 6.45) is 0.796. The van der Waals surface area contributed by atoms with E-state index in [0.717, 1.165) is 18.6 Å². The van der Waals surface area contributed by atoms with Crippen LogP contribution in [-0.4, -0.2) is 43.3 Å². The lowest BCUT2D eigenvalue weighted by Crippen LogP contribution is -2.31. The van der Waals surface area contributed by atoms with Gasteiger partial charge in [0.05, 0.1) is 40.6 Å². The number of ether oxygens (including phenoxy) is 2. The molecule has 0 saturated carbocycles. The lowest BCUT2D eigenvalue weighted by atomic mass is 10.0. The van der Waals surface area contributed by atoms with Crippen LogP contribution in [0.1, 0.15) is 33.9 Å². The van der Waals surface area contributed by atoms with E-state index >= 15 is 8.78 Å². The summed E-state index contributed by atoms with van der Waals surface area (Å²) in [7, 11) is 0. The van der Waals surface area contributed by atoms with Gasteiger partial charge in [-0.1, -0.05) is 17.7 Å². The highest BCUT2D eigenvalue weighted by Crippen LogP contribution is 2.29. The Hall–Kier alpha value is -3.93. The molecule has 1 fully saturated rings. The van der Waals surface area contributed by atoms with Crippen molar-refractivity contribution in [1.82, 2.24) is 19.5 Å². The van der Waals surface area contributed by atoms with E-state index in [0.29, 0.717) is 40.2 Å². The highest BCUT2D eigenvalue weighted by Gasteiger charge is 2.23. The molecule has 1 saturated heterocycles. The number of carboxylic acids is 1. The first-order valence-corrected chi connectivity index (χ1v) is 13.6. The van der Waals surface area contributed by atoms with E-state index in [9.17, 15) is 9.90 Å². The molecule has 0 spiro atoms. The lowest BCUT2D eigenvalue weighted by molar-refractivity contribution is -0.0589. The average molecular weight is 583 g/mol. The van der Waals surface area contributed by atoms with Crippen LogP contribution < -0.4 is 4.74 Å². The van der Waals surface area contributed by atoms with E-state index in [1.165, 1.54) is 23.5 Å². The maximum absolute atomic E-state index is 15.4. The largest absolute Gasteiger partial charge is 0.478 e. The van der Waals surface area contributed by atoms with E-state index in [1.807, 2.05) is 4.57 Å². The van der Waals surface area contributed by atoms with E-state index in [4.69, 9.17) is 21.1 Å². The summed E-state index contributed by atoms with van der Waals surface area (Å²) >= 11 is 7.13. The van der Waals surface area contributed by atoms with Crippen LogP contribution >= 0.6 is 22.9 Å². The number of hydrogen-bond acceptors (Lipinski definition) is 7. The molecule has 0 amide bonds. The second kappa shape index (κ2) is 10.9. The zero-order valence-electron chi connectivity index (χ0n) is 20.8. The first-order chi connectivity index (χ1) is 19.3. The van der Waals surface area contributed by atoms with Gasteiger partial charge in [0.15, 0.2) is 4.47 Å². The Morgan fingerprint density at radius 2 is 2.00 bits per heavy atom. The van der Waals surface area contributed by atoms with Crippen LogP contribution in [0.3, 0.4) is 0 Å². The number of benzene rings is 2. The van der Waals surface area contributed by atoms with E-state index in [-0.39, 0.29) is 47.4 Å². The number of halogens is 3. The van der Waals surface area contributed by atoms with Gasteiger partial charge in [0, 0.05) is 30.0 Å². The molecule has 12 heteroatoms. The van der Waals surface area contributed by atoms with Gasteiger partial charge in [0.2, 0.25) is 5.88 Å². The van der Waals surface area contributed by atoms with Crippen molar-refractivity contribution in [2.45, 2.75) is 32.1 Å². The van der Waals surface area contributed by atoms with Crippen LogP contribution in [0.4, 0.5) is 8.78 Å². The van der Waals surface area contributed by atoms with Gasteiger partial charge < -0.3 is 19.1 Å². The molecule has 3 aromatic heterocycles. The average Bonchev–Trinajstić information content (AvgIpc) is 3.49. The number of fused-ring (bicyclic) bond motifs is 1. The van der Waals surface area contributed by atoms with Crippen LogP contribution in [0.5, 0.6) is 5.88 Å². The molecular weight excluding hydrogens is 562 g/mol. The van der Waals surface area contributed by atoms with E-state index in [1.54, 1.807) is 29.6 Å². The molecule has 6 rings (SSSR count). The zero-order chi connectivity index (χ0) is 27.8. The number of aromatic nitrogens is 4. The van der Waals surface area contributed by atoms with Crippen molar-refractivity contribution in [3.05, 3.63) is 92.7 Å². The quantitative estimate of drug-likeness (QED) is 0.223. The smallest absolute Gasteiger partial charge is 0.335 e. The SMILES string of the molecule is O=C(O)c1ccc2nc(Cc3cc(F)c(-c4cccc(OCc5csc(Cl)n5)n4)cc3F)n(CC3CCO3)c2c1. The molecule has 1 aliphatic heterocycles. The minimum absolute atomic E-state index is 0.000379. The number of imidazole rings is 1. The van der Waals surface area contributed by atoms with Crippen molar-refractivity contribution >= 4 is 39.9 Å². The normalized spacial score (nSPS) is 14.8. The summed E-state index contributed by atoms with van der Waals surface area (Å²) in [5.74, 6) is -1.61. The molecule has 2 aromatic carbocycles. The minimum atomic E-state index is -1.06. The maximum Gasteiger partial charge on any atom is 0.335 e. The van der Waals surface area contributed by atoms with Crippen molar-refractivity contribution in [1.29, 1.82) is 0 Å². The predicted octanol–water partition coefficient (Wildman–Crippen LogP) is 6.14. The summed E-state index contributed by atoms with van der Waals surface area (Å²) < 4.78 is 44.2. The topological polar surface area (TPSA) is 99.4 Å². The predicted molar refractivity (Wildman–Crippen MR) is 145 cm³/mol. The van der Waals surface area contributed by atoms with Gasteiger partial charge in [-0.15, -0.1) is 11.3 Å². The highest BCUT2D eigenvalue weighted by atomic mass is 35.5. The molecule has 40 heavy (non-hydrogen) atoms. The number of thiazole rings is 1. The van der Waals surface area contributed by atoms with Gasteiger partial charge in [-0.05, 0) is 48.4 Å². The molecule has 1 unspecified atom stereocenters. The molecule has 1 atom stereocenters. The third-order valence-corrected chi connectivity index (χ3v) is 7.66. The maximum atomic E-state index is 15.4. The summed E-state index contributed by atoms with van der Waals surface area (Å²) in [4.78, 5) is 24.6. The van der Waals surface area contributed by atoms with Crippen LogP contribution in [0.2, 0.25) is 4.47 Å². The fourth-order valence-corrected chi connectivity index (χ4v) is 5.27. The second-order valence-corrected chi connectivity index (χ2v) is 10.7. The Morgan fingerprint density at radius 1 is 1.15 bits per heavy atom. The van der Waals surface area contributed by atoms with Gasteiger partial charge >= 0.3 is 5.97 Å². The van der Waals surface area contributed by atoms with Crippen LogP contribution in [0.25, 0.3) is 22.3 Å². The summed E-state index contributed by atoms with van der Waals surface area (Å²) in [5.41, 5.74) is 2.24. The number of carboxylic acid groups (broad SMARTS) is 1. The molecule has 8 nitrogen and oxygen atoms in total. The number of aromatic carboxylic acids is 1. The van der Waals surface area contributed by atoms with Crippen molar-refractivity contribution in [2.75, 3.05) is 6.61 Å². The number of nitrogens with zero attached hydrogens (tertiary/aromatic N) is 4. The Kier molecular flexibility index (Phi) is 7.18. The molecule has 0 bridgehead atoms. The Bertz CT molecular complexity index is 1740. The Morgan fingerprint density at radius 3 is 2.73 bits per heavy atom. The molecule has 1 N–H and O–H groups in total. The number of carbonyl (C=O) groups is 1. The fraction of sp³-hybridized carbons (Fsp3) is 0.214. The van der Waals surface area contributed by atoms with Crippen molar-refractivity contribution in [3.63, 3.8) is 0 Å². The molecule has 1 aliphatic rings. The van der Waals surface area contributed by atoms with Crippen molar-refractivity contribution in [3.8, 4) is 17.1 Å². The molecule has 4 heterocycles. The molecular formula is C28H21ClF2N4O4S. The first-order valence-electron chi connectivity index (χ1n) is 12.4. The monoisotopic (exact) mass is 582 g/mol. The number of hydrogen-bond donors (Lipinski definition) is 1. The Labute approximate surface area is 235 Å². The van der Waals surface area contributed by atoms with E-state index in [2.05, 4.69) is 15.0 Å². The second-order valence-electron chi connectivity index (χ2n) is 9.27. The zero-order valence-corrected chi connectivity index (χ0v) is 22.4. The molecule has 0 aliphatic carbocycles. The molecule has 5 aromatic rings. The minimum Gasteiger partial charge on any atom is -0.478 e. The summed E-state index contributed by atoms with van der Waals surface area (Å²) in [6, 6.07) is 11.7. The van der Waals surface area contributed by atoms with Gasteiger partial charge in [0.25, 0.3) is 0 Å². The van der Waals surface area contributed by atoms with Gasteiger partial charge in [-0.3, -0.25) is 0 Å². The number of rotatable bonds is 9. The highest BCUT2D eigenvalue weighted by molar-refractivity contribution is 7.13. The van der Waals surface area contributed by atoms with Gasteiger partial charge in [-0.25, -0.2) is 28.5 Å². The third-order valence-electron chi connectivity index (χ3n) is 6.63. The molecule has 0 radical (unpaired) electrons. The number of pyridine rings is 1. The van der Waals surface area contributed by atoms with Crippen LogP contribution in [0.15, 0.2) is 53.9 Å². The fourth-order valence-electron chi connectivity index (χ4n) is 4.51. The first kappa shape index (κ1) is 26.3. The van der Waals surface area contributed by atoms with Gasteiger partial charge in [-0.2, -0.15) is 0 Å². The third kappa shape index (κ3) is 5.40. The van der Waals surface area contributed by atoms with Crippen LogP contribution in [-0.2, 0) is 24.3 Å². The summed E-state index contributed by atoms with van der Waals surface area (Å²) in [6.45, 7) is 1.21. The summed E-state index contributed by atoms with van der Waals surface area (Å²) in [5, 5.41) is 11.2. The van der Waals surface area contributed by atoms with Crippen molar-refractivity contribution in [2.24, 2.45) is 0 Å².